The van der Waals surface area contributed by atoms with Crippen LogP contribution in [0.2, 0.25) is 0 Å². The minimum absolute atomic E-state index is 0.193. The molecule has 3 rings (SSSR count). The summed E-state index contributed by atoms with van der Waals surface area (Å²) in [5.74, 6) is 0.767. The monoisotopic (exact) mass is 344 g/mol. The van der Waals surface area contributed by atoms with Crippen molar-refractivity contribution in [2.45, 2.75) is 13.5 Å². The summed E-state index contributed by atoms with van der Waals surface area (Å²) >= 11 is 0. The number of benzene rings is 1. The molecule has 134 valence electrons. The van der Waals surface area contributed by atoms with Crippen molar-refractivity contribution in [3.05, 3.63) is 48.8 Å². The van der Waals surface area contributed by atoms with E-state index in [1.165, 1.54) is 12.1 Å². The maximum atomic E-state index is 13.1. The largest absolute Gasteiger partial charge is 0.368 e. The van der Waals surface area contributed by atoms with Gasteiger partial charge in [-0.2, -0.15) is 0 Å². The highest BCUT2D eigenvalue weighted by atomic mass is 19.1. The van der Waals surface area contributed by atoms with Gasteiger partial charge in [0.05, 0.1) is 12.9 Å². The fraction of sp³-hybridized carbons (Fsp3) is 0.444. The lowest BCUT2D eigenvalue weighted by Crippen LogP contribution is -2.52. The molecule has 1 aromatic carbocycles. The lowest BCUT2D eigenvalue weighted by Gasteiger charge is -2.37. The predicted molar refractivity (Wildman–Crippen MR) is 98.4 cm³/mol. The third-order valence-corrected chi connectivity index (χ3v) is 4.28. The van der Waals surface area contributed by atoms with Gasteiger partial charge in [0.1, 0.15) is 5.82 Å². The number of nitrogens with one attached hydrogen (secondary N) is 1. The topological polar surface area (TPSA) is 48.7 Å². The summed E-state index contributed by atoms with van der Waals surface area (Å²) < 4.78 is 15.1. The number of piperazine rings is 1. The van der Waals surface area contributed by atoms with Crippen molar-refractivity contribution in [3.8, 4) is 0 Å². The first-order valence-electron chi connectivity index (χ1n) is 8.76. The van der Waals surface area contributed by atoms with Crippen LogP contribution in [0.15, 0.2) is 48.0 Å². The first-order valence-corrected chi connectivity index (χ1v) is 8.76. The van der Waals surface area contributed by atoms with E-state index in [-0.39, 0.29) is 5.82 Å². The first-order chi connectivity index (χ1) is 12.3. The number of anilines is 1. The Morgan fingerprint density at radius 2 is 1.96 bits per heavy atom. The third-order valence-electron chi connectivity index (χ3n) is 4.28. The molecule has 1 N–H and O–H groups in total. The molecule has 1 aromatic heterocycles. The van der Waals surface area contributed by atoms with E-state index in [9.17, 15) is 4.39 Å². The summed E-state index contributed by atoms with van der Waals surface area (Å²) in [6.45, 7) is 8.07. The maximum absolute atomic E-state index is 13.1. The lowest BCUT2D eigenvalue weighted by atomic mass is 10.2. The Bertz CT molecular complexity index is 659. The number of aromatic nitrogens is 2. The van der Waals surface area contributed by atoms with Crippen LogP contribution in [0.4, 0.5) is 10.1 Å². The molecule has 1 saturated heterocycles. The summed E-state index contributed by atoms with van der Waals surface area (Å²) in [6, 6.07) is 6.72. The fourth-order valence-corrected chi connectivity index (χ4v) is 2.94. The molecule has 2 aromatic rings. The van der Waals surface area contributed by atoms with Crippen molar-refractivity contribution in [2.75, 3.05) is 44.2 Å². The van der Waals surface area contributed by atoms with Crippen LogP contribution < -0.4 is 10.2 Å². The second-order valence-corrected chi connectivity index (χ2v) is 5.99. The maximum Gasteiger partial charge on any atom is 0.194 e. The highest BCUT2D eigenvalue weighted by Gasteiger charge is 2.19. The molecule has 7 heteroatoms. The van der Waals surface area contributed by atoms with E-state index in [1.807, 2.05) is 29.2 Å². The quantitative estimate of drug-likeness (QED) is 0.664. The standard InChI is InChI=1S/C18H25FN6/c1-2-21-18(22-8-10-23-9-7-20-15-23)25-13-11-24(12-14-25)17-5-3-16(19)4-6-17/h3-7,9,15H,2,8,10-14H2,1H3,(H,21,22). The number of hydrogen-bond acceptors (Lipinski definition) is 3. The molecule has 2 heterocycles. The minimum Gasteiger partial charge on any atom is -0.368 e. The molecule has 1 aliphatic heterocycles. The first kappa shape index (κ1) is 17.3. The van der Waals surface area contributed by atoms with E-state index in [0.717, 1.165) is 57.5 Å². The number of rotatable bonds is 5. The Morgan fingerprint density at radius 3 is 2.60 bits per heavy atom. The molecule has 0 aliphatic carbocycles. The second-order valence-electron chi connectivity index (χ2n) is 5.99. The highest BCUT2D eigenvalue weighted by molar-refractivity contribution is 5.80. The van der Waals surface area contributed by atoms with Crippen LogP contribution in [0, 0.1) is 5.82 Å². The number of hydrogen-bond donors (Lipinski definition) is 1. The molecule has 0 radical (unpaired) electrons. The molecule has 6 nitrogen and oxygen atoms in total. The molecule has 0 saturated carbocycles. The van der Waals surface area contributed by atoms with Crippen LogP contribution in [-0.2, 0) is 6.54 Å². The van der Waals surface area contributed by atoms with Crippen molar-refractivity contribution in [3.63, 3.8) is 0 Å². The Hall–Kier alpha value is -2.57. The number of aliphatic imine (C=N–C) groups is 1. The summed E-state index contributed by atoms with van der Waals surface area (Å²) in [6.07, 6.45) is 5.54. The summed E-state index contributed by atoms with van der Waals surface area (Å²) in [4.78, 5) is 13.4. The van der Waals surface area contributed by atoms with Crippen LogP contribution in [0.5, 0.6) is 0 Å². The van der Waals surface area contributed by atoms with E-state index in [4.69, 9.17) is 4.99 Å². The van der Waals surface area contributed by atoms with Crippen LogP contribution in [-0.4, -0.2) is 59.7 Å². The van der Waals surface area contributed by atoms with Gasteiger partial charge in [-0.3, -0.25) is 4.99 Å². The third kappa shape index (κ3) is 4.71. The smallest absolute Gasteiger partial charge is 0.194 e. The number of guanidine groups is 1. The van der Waals surface area contributed by atoms with Gasteiger partial charge in [-0.15, -0.1) is 0 Å². The van der Waals surface area contributed by atoms with E-state index in [0.29, 0.717) is 0 Å². The second kappa shape index (κ2) is 8.50. The van der Waals surface area contributed by atoms with Gasteiger partial charge >= 0.3 is 0 Å². The van der Waals surface area contributed by atoms with Crippen LogP contribution in [0.25, 0.3) is 0 Å². The van der Waals surface area contributed by atoms with Crippen LogP contribution >= 0.6 is 0 Å². The van der Waals surface area contributed by atoms with Gasteiger partial charge in [0.2, 0.25) is 0 Å². The predicted octanol–water partition coefficient (Wildman–Crippen LogP) is 1.81. The van der Waals surface area contributed by atoms with E-state index in [1.54, 1.807) is 6.20 Å². The van der Waals surface area contributed by atoms with Crippen LogP contribution in [0.1, 0.15) is 6.92 Å². The van der Waals surface area contributed by atoms with Gasteiger partial charge < -0.3 is 19.7 Å². The van der Waals surface area contributed by atoms with Gasteiger partial charge in [0.25, 0.3) is 0 Å². The summed E-state index contributed by atoms with van der Waals surface area (Å²) in [5, 5.41) is 3.38. The van der Waals surface area contributed by atoms with Crippen LogP contribution in [0.3, 0.4) is 0 Å². The van der Waals surface area contributed by atoms with Crippen molar-refractivity contribution in [2.24, 2.45) is 4.99 Å². The normalized spacial score (nSPS) is 15.5. The Kier molecular flexibility index (Phi) is 5.87. The zero-order valence-electron chi connectivity index (χ0n) is 14.6. The van der Waals surface area contributed by atoms with Crippen molar-refractivity contribution >= 4 is 11.6 Å². The number of imidazole rings is 1. The van der Waals surface area contributed by atoms with Crippen molar-refractivity contribution < 1.29 is 4.39 Å². The molecule has 25 heavy (non-hydrogen) atoms. The molecule has 1 aliphatic rings. The van der Waals surface area contributed by atoms with Gasteiger partial charge in [-0.05, 0) is 31.2 Å². The van der Waals surface area contributed by atoms with Gasteiger partial charge in [0, 0.05) is 57.3 Å². The molecule has 0 unspecified atom stereocenters. The highest BCUT2D eigenvalue weighted by Crippen LogP contribution is 2.16. The molecule has 0 amide bonds. The molecule has 1 fully saturated rings. The Morgan fingerprint density at radius 1 is 1.20 bits per heavy atom. The number of nitrogens with zero attached hydrogens (tertiary/aromatic N) is 5. The van der Waals surface area contributed by atoms with Gasteiger partial charge in [-0.1, -0.05) is 0 Å². The number of halogens is 1. The Labute approximate surface area is 148 Å². The lowest BCUT2D eigenvalue weighted by molar-refractivity contribution is 0.372. The average molecular weight is 344 g/mol. The van der Waals surface area contributed by atoms with E-state index < -0.39 is 0 Å². The average Bonchev–Trinajstić information content (AvgIpc) is 3.15. The molecule has 0 atom stereocenters. The molecule has 0 bridgehead atoms. The summed E-state index contributed by atoms with van der Waals surface area (Å²) in [5.41, 5.74) is 1.07. The van der Waals surface area contributed by atoms with E-state index >= 15 is 0 Å². The Balaban J connectivity index is 1.55. The SMILES string of the molecule is CCNC(=NCCn1ccnc1)N1CCN(c2ccc(F)cc2)CC1. The molecular formula is C18H25FN6. The zero-order chi connectivity index (χ0) is 17.5. The van der Waals surface area contributed by atoms with Gasteiger partial charge in [-0.25, -0.2) is 9.37 Å². The van der Waals surface area contributed by atoms with Gasteiger partial charge in [0.15, 0.2) is 5.96 Å². The molecule has 0 spiro atoms. The fourth-order valence-electron chi connectivity index (χ4n) is 2.94. The zero-order valence-corrected chi connectivity index (χ0v) is 14.6. The van der Waals surface area contributed by atoms with E-state index in [2.05, 4.69) is 27.0 Å². The summed E-state index contributed by atoms with van der Waals surface area (Å²) in [7, 11) is 0. The minimum atomic E-state index is -0.193. The molecular weight excluding hydrogens is 319 g/mol. The van der Waals surface area contributed by atoms with Crippen molar-refractivity contribution in [1.82, 2.24) is 19.8 Å². The van der Waals surface area contributed by atoms with Crippen molar-refractivity contribution in [1.29, 1.82) is 0 Å².